The normalized spacial score (nSPS) is 16.2. The summed E-state index contributed by atoms with van der Waals surface area (Å²) in [5.41, 5.74) is 0.855. The number of methoxy groups -OCH3 is 1. The fourth-order valence-corrected chi connectivity index (χ4v) is 2.35. The fourth-order valence-electron chi connectivity index (χ4n) is 2.35. The highest BCUT2D eigenvalue weighted by Crippen LogP contribution is 2.37. The van der Waals surface area contributed by atoms with Gasteiger partial charge < -0.3 is 15.2 Å². The monoisotopic (exact) mass is 277 g/mol. The largest absolute Gasteiger partial charge is 0.478 e. The second kappa shape index (κ2) is 6.05. The molecule has 0 aromatic heterocycles. The van der Waals surface area contributed by atoms with E-state index in [2.05, 4.69) is 5.32 Å². The zero-order valence-corrected chi connectivity index (χ0v) is 11.5. The van der Waals surface area contributed by atoms with Gasteiger partial charge in [0.25, 0.3) is 0 Å². The second-order valence-corrected chi connectivity index (χ2v) is 5.20. The molecule has 0 radical (unpaired) electrons. The Labute approximate surface area is 117 Å². The SMILES string of the molecule is COC1(CC(=O)NCc2ccc(C(=O)O)cc2)CCC1. The van der Waals surface area contributed by atoms with Gasteiger partial charge in [0.15, 0.2) is 0 Å². The maximum atomic E-state index is 11.9. The standard InChI is InChI=1S/C15H19NO4/c1-20-15(7-2-8-15)9-13(17)16-10-11-3-5-12(6-4-11)14(18)19/h3-6H,2,7-10H2,1H3,(H,16,17)(H,18,19). The van der Waals surface area contributed by atoms with E-state index in [1.807, 2.05) is 0 Å². The molecule has 0 aliphatic heterocycles. The van der Waals surface area contributed by atoms with Gasteiger partial charge in [-0.2, -0.15) is 0 Å². The molecule has 1 aliphatic carbocycles. The Morgan fingerprint density at radius 3 is 2.40 bits per heavy atom. The highest BCUT2D eigenvalue weighted by atomic mass is 16.5. The molecular formula is C15H19NO4. The molecule has 1 fully saturated rings. The lowest BCUT2D eigenvalue weighted by molar-refractivity contribution is -0.134. The van der Waals surface area contributed by atoms with Crippen LogP contribution in [0.3, 0.4) is 0 Å². The molecule has 108 valence electrons. The lowest BCUT2D eigenvalue weighted by Crippen LogP contribution is -2.43. The molecule has 20 heavy (non-hydrogen) atoms. The van der Waals surface area contributed by atoms with Crippen LogP contribution in [0.4, 0.5) is 0 Å². The highest BCUT2D eigenvalue weighted by molar-refractivity contribution is 5.87. The topological polar surface area (TPSA) is 75.6 Å². The molecule has 0 heterocycles. The fraction of sp³-hybridized carbons (Fsp3) is 0.467. The molecule has 1 aliphatic rings. The van der Waals surface area contributed by atoms with Crippen molar-refractivity contribution in [3.8, 4) is 0 Å². The van der Waals surface area contributed by atoms with E-state index in [0.29, 0.717) is 13.0 Å². The van der Waals surface area contributed by atoms with E-state index in [1.54, 1.807) is 19.2 Å². The molecule has 0 saturated heterocycles. The van der Waals surface area contributed by atoms with Gasteiger partial charge >= 0.3 is 5.97 Å². The van der Waals surface area contributed by atoms with Crippen LogP contribution in [0.1, 0.15) is 41.6 Å². The molecule has 5 nitrogen and oxygen atoms in total. The second-order valence-electron chi connectivity index (χ2n) is 5.20. The Morgan fingerprint density at radius 2 is 1.95 bits per heavy atom. The van der Waals surface area contributed by atoms with Crippen molar-refractivity contribution in [3.05, 3.63) is 35.4 Å². The third-order valence-electron chi connectivity index (χ3n) is 3.87. The summed E-state index contributed by atoms with van der Waals surface area (Å²) < 4.78 is 5.41. The number of nitrogens with one attached hydrogen (secondary N) is 1. The van der Waals surface area contributed by atoms with Crippen molar-refractivity contribution in [2.24, 2.45) is 0 Å². The van der Waals surface area contributed by atoms with Crippen LogP contribution in [-0.4, -0.2) is 29.7 Å². The molecule has 1 aromatic carbocycles. The van der Waals surface area contributed by atoms with Gasteiger partial charge in [0, 0.05) is 13.7 Å². The minimum atomic E-state index is -0.951. The maximum absolute atomic E-state index is 11.9. The van der Waals surface area contributed by atoms with Crippen LogP contribution in [0.15, 0.2) is 24.3 Å². The van der Waals surface area contributed by atoms with E-state index < -0.39 is 5.97 Å². The van der Waals surface area contributed by atoms with E-state index >= 15 is 0 Å². The summed E-state index contributed by atoms with van der Waals surface area (Å²) in [5.74, 6) is -0.985. The Balaban J connectivity index is 1.82. The quantitative estimate of drug-likeness (QED) is 0.833. The summed E-state index contributed by atoms with van der Waals surface area (Å²) in [6, 6.07) is 6.48. The summed E-state index contributed by atoms with van der Waals surface area (Å²) >= 11 is 0. The number of hydrogen-bond acceptors (Lipinski definition) is 3. The number of carboxylic acids is 1. The number of benzene rings is 1. The average Bonchev–Trinajstić information content (AvgIpc) is 2.41. The first kappa shape index (κ1) is 14.5. The Bertz CT molecular complexity index is 486. The van der Waals surface area contributed by atoms with Crippen LogP contribution in [0.2, 0.25) is 0 Å². The van der Waals surface area contributed by atoms with Gasteiger partial charge in [-0.15, -0.1) is 0 Å². The number of amides is 1. The molecule has 1 amide bonds. The van der Waals surface area contributed by atoms with Crippen molar-refractivity contribution in [1.82, 2.24) is 5.32 Å². The third-order valence-corrected chi connectivity index (χ3v) is 3.87. The van der Waals surface area contributed by atoms with Crippen LogP contribution in [0.25, 0.3) is 0 Å². The highest BCUT2D eigenvalue weighted by Gasteiger charge is 2.38. The Hall–Kier alpha value is -1.88. The lowest BCUT2D eigenvalue weighted by atomic mass is 9.77. The van der Waals surface area contributed by atoms with Crippen molar-refractivity contribution in [1.29, 1.82) is 0 Å². The average molecular weight is 277 g/mol. The Kier molecular flexibility index (Phi) is 4.39. The number of rotatable bonds is 6. The minimum Gasteiger partial charge on any atom is -0.478 e. The predicted molar refractivity (Wildman–Crippen MR) is 73.5 cm³/mol. The minimum absolute atomic E-state index is 0.0335. The first-order valence-corrected chi connectivity index (χ1v) is 6.69. The van der Waals surface area contributed by atoms with Gasteiger partial charge in [-0.1, -0.05) is 12.1 Å². The molecule has 2 rings (SSSR count). The van der Waals surface area contributed by atoms with E-state index in [1.165, 1.54) is 12.1 Å². The van der Waals surface area contributed by atoms with Crippen molar-refractivity contribution >= 4 is 11.9 Å². The van der Waals surface area contributed by atoms with Crippen molar-refractivity contribution in [2.45, 2.75) is 37.8 Å². The van der Waals surface area contributed by atoms with E-state index in [4.69, 9.17) is 9.84 Å². The summed E-state index contributed by atoms with van der Waals surface area (Å²) in [7, 11) is 1.65. The number of carboxylic acid groups (broad SMARTS) is 1. The molecule has 5 heteroatoms. The van der Waals surface area contributed by atoms with Gasteiger partial charge in [0.05, 0.1) is 17.6 Å². The van der Waals surface area contributed by atoms with Crippen LogP contribution in [0.5, 0.6) is 0 Å². The van der Waals surface area contributed by atoms with Gasteiger partial charge in [0.1, 0.15) is 0 Å². The molecule has 2 N–H and O–H groups in total. The molecule has 0 bridgehead atoms. The third kappa shape index (κ3) is 3.36. The number of hydrogen-bond donors (Lipinski definition) is 2. The van der Waals surface area contributed by atoms with Crippen LogP contribution in [-0.2, 0) is 16.1 Å². The molecule has 1 saturated carbocycles. The van der Waals surface area contributed by atoms with E-state index in [-0.39, 0.29) is 17.1 Å². The van der Waals surface area contributed by atoms with E-state index in [0.717, 1.165) is 24.8 Å². The van der Waals surface area contributed by atoms with Crippen LogP contribution in [0, 0.1) is 0 Å². The van der Waals surface area contributed by atoms with Crippen molar-refractivity contribution in [2.75, 3.05) is 7.11 Å². The van der Waals surface area contributed by atoms with Crippen molar-refractivity contribution in [3.63, 3.8) is 0 Å². The summed E-state index contributed by atoms with van der Waals surface area (Å²) in [6.07, 6.45) is 3.36. The lowest BCUT2D eigenvalue weighted by Gasteiger charge is -2.39. The van der Waals surface area contributed by atoms with Gasteiger partial charge in [-0.05, 0) is 37.0 Å². The molecule has 0 spiro atoms. The Morgan fingerprint density at radius 1 is 1.30 bits per heavy atom. The van der Waals surface area contributed by atoms with Crippen LogP contribution < -0.4 is 5.32 Å². The number of carbonyl (C=O) groups excluding carboxylic acids is 1. The predicted octanol–water partition coefficient (Wildman–Crippen LogP) is 1.96. The summed E-state index contributed by atoms with van der Waals surface area (Å²) in [4.78, 5) is 22.6. The van der Waals surface area contributed by atoms with Gasteiger partial charge in [-0.25, -0.2) is 4.79 Å². The number of ether oxygens (including phenoxy) is 1. The molecule has 0 unspecified atom stereocenters. The first-order chi connectivity index (χ1) is 9.54. The molecule has 0 atom stereocenters. The molecular weight excluding hydrogens is 258 g/mol. The van der Waals surface area contributed by atoms with Crippen molar-refractivity contribution < 1.29 is 19.4 Å². The number of carbonyl (C=O) groups is 2. The first-order valence-electron chi connectivity index (χ1n) is 6.69. The van der Waals surface area contributed by atoms with Crippen LogP contribution >= 0.6 is 0 Å². The zero-order chi connectivity index (χ0) is 14.6. The zero-order valence-electron chi connectivity index (χ0n) is 11.5. The maximum Gasteiger partial charge on any atom is 0.335 e. The van der Waals surface area contributed by atoms with E-state index in [9.17, 15) is 9.59 Å². The van der Waals surface area contributed by atoms with Gasteiger partial charge in [-0.3, -0.25) is 4.79 Å². The summed E-state index contributed by atoms with van der Waals surface area (Å²) in [6.45, 7) is 0.401. The number of aromatic carboxylic acids is 1. The summed E-state index contributed by atoms with van der Waals surface area (Å²) in [5, 5.41) is 11.6. The van der Waals surface area contributed by atoms with Gasteiger partial charge in [0.2, 0.25) is 5.91 Å². The smallest absolute Gasteiger partial charge is 0.335 e. The molecule has 1 aromatic rings.